The zero-order chi connectivity index (χ0) is 10.8. The normalized spacial score (nSPS) is 40.5. The summed E-state index contributed by atoms with van der Waals surface area (Å²) < 4.78 is -0.0206. The fourth-order valence-electron chi connectivity index (χ4n) is 2.80. The molecule has 4 atom stereocenters. The van der Waals surface area contributed by atoms with Crippen LogP contribution in [0.25, 0.3) is 0 Å². The predicted molar refractivity (Wildman–Crippen MR) is 77.9 cm³/mol. The van der Waals surface area contributed by atoms with Crippen LogP contribution in [0.5, 0.6) is 0 Å². The van der Waals surface area contributed by atoms with Gasteiger partial charge in [-0.25, -0.2) is 0 Å². The van der Waals surface area contributed by atoms with Crippen molar-refractivity contribution in [2.45, 2.75) is 24.7 Å². The molecule has 80 valence electrons. The summed E-state index contributed by atoms with van der Waals surface area (Å²) >= 11 is 15.3. The molecule has 0 spiro atoms. The predicted octanol–water partition coefficient (Wildman–Crippen LogP) is 4.89. The molecular weight excluding hydrogens is 452 g/mol. The van der Waals surface area contributed by atoms with Crippen molar-refractivity contribution in [2.75, 3.05) is 0 Å². The van der Waals surface area contributed by atoms with Gasteiger partial charge in [-0.1, -0.05) is 88.0 Å². The molecule has 0 aromatic heterocycles. The lowest BCUT2D eigenvalue weighted by atomic mass is 9.92. The van der Waals surface area contributed by atoms with Gasteiger partial charge in [-0.3, -0.25) is 0 Å². The molecular formula is C11H8Br4. The first kappa shape index (κ1) is 11.2. The molecule has 0 saturated heterocycles. The van der Waals surface area contributed by atoms with Gasteiger partial charge in [0.2, 0.25) is 0 Å². The molecule has 0 nitrogen and oxygen atoms in total. The van der Waals surface area contributed by atoms with Crippen molar-refractivity contribution < 1.29 is 0 Å². The lowest BCUT2D eigenvalue weighted by molar-refractivity contribution is 0.738. The summed E-state index contributed by atoms with van der Waals surface area (Å²) in [6, 6.07) is 8.74. The molecule has 4 heteroatoms. The monoisotopic (exact) mass is 456 g/mol. The molecule has 2 aliphatic rings. The lowest BCUT2D eigenvalue weighted by Gasteiger charge is -2.32. The summed E-state index contributed by atoms with van der Waals surface area (Å²) in [7, 11) is 0. The Morgan fingerprint density at radius 3 is 2.27 bits per heavy atom. The Hall–Kier alpha value is 1.14. The molecule has 0 amide bonds. The summed E-state index contributed by atoms with van der Waals surface area (Å²) in [6.07, 6.45) is 0. The molecule has 0 heterocycles. The molecule has 1 saturated carbocycles. The topological polar surface area (TPSA) is 0 Å². The van der Waals surface area contributed by atoms with Crippen molar-refractivity contribution in [1.82, 2.24) is 0 Å². The van der Waals surface area contributed by atoms with E-state index < -0.39 is 0 Å². The second kappa shape index (κ2) is 3.56. The van der Waals surface area contributed by atoms with E-state index in [1.807, 2.05) is 0 Å². The van der Waals surface area contributed by atoms with Gasteiger partial charge >= 0.3 is 0 Å². The smallest absolute Gasteiger partial charge is 0.0876 e. The van der Waals surface area contributed by atoms with Crippen molar-refractivity contribution in [3.63, 3.8) is 0 Å². The summed E-state index contributed by atoms with van der Waals surface area (Å²) in [5.74, 6) is 1.04. The molecule has 2 bridgehead atoms. The highest BCUT2D eigenvalue weighted by atomic mass is 79.9. The van der Waals surface area contributed by atoms with E-state index in [-0.39, 0.29) is 3.23 Å². The third-order valence-corrected chi connectivity index (χ3v) is 9.04. The second-order valence-electron chi connectivity index (χ2n) is 4.15. The van der Waals surface area contributed by atoms with Crippen LogP contribution >= 0.6 is 63.7 Å². The minimum Gasteiger partial charge on any atom is -0.0876 e. The molecule has 0 aliphatic heterocycles. The summed E-state index contributed by atoms with van der Waals surface area (Å²) in [5, 5.41) is 0. The highest BCUT2D eigenvalue weighted by Crippen LogP contribution is 2.68. The van der Waals surface area contributed by atoms with Gasteiger partial charge in [0, 0.05) is 21.5 Å². The van der Waals surface area contributed by atoms with Crippen LogP contribution in [0.15, 0.2) is 24.3 Å². The van der Waals surface area contributed by atoms with E-state index in [9.17, 15) is 0 Å². The van der Waals surface area contributed by atoms with E-state index in [2.05, 4.69) is 88.0 Å². The van der Waals surface area contributed by atoms with E-state index >= 15 is 0 Å². The molecule has 1 fully saturated rings. The maximum atomic E-state index is 3.84. The zero-order valence-electron chi connectivity index (χ0n) is 7.63. The Morgan fingerprint density at radius 2 is 1.60 bits per heavy atom. The average molecular weight is 460 g/mol. The molecule has 0 radical (unpaired) electrons. The summed E-state index contributed by atoms with van der Waals surface area (Å²) in [5.41, 5.74) is 2.95. The van der Waals surface area contributed by atoms with Gasteiger partial charge in [-0.05, 0) is 11.1 Å². The highest BCUT2D eigenvalue weighted by Gasteiger charge is 2.62. The number of fused-ring (bicyclic) bond motifs is 5. The molecule has 3 rings (SSSR count). The van der Waals surface area contributed by atoms with Crippen LogP contribution in [0.3, 0.4) is 0 Å². The maximum Gasteiger partial charge on any atom is 0.101 e. The number of hydrogen-bond acceptors (Lipinski definition) is 0. The number of hydrogen-bond donors (Lipinski definition) is 0. The van der Waals surface area contributed by atoms with Crippen LogP contribution in [0.1, 0.15) is 23.0 Å². The largest absolute Gasteiger partial charge is 0.101 e. The molecule has 0 N–H and O–H groups in total. The van der Waals surface area contributed by atoms with Crippen LogP contribution in [-0.4, -0.2) is 12.9 Å². The fraction of sp³-hybridized carbons (Fsp3) is 0.455. The van der Waals surface area contributed by atoms with Crippen molar-refractivity contribution in [1.29, 1.82) is 0 Å². The quantitative estimate of drug-likeness (QED) is 0.484. The second-order valence-corrected chi connectivity index (χ2v) is 9.89. The SMILES string of the molecule is Br[C@H]1[C@H]2c3ccccc3[C@@H]1C(Br)(Br)[C@@H]2Br. The third kappa shape index (κ3) is 1.34. The van der Waals surface area contributed by atoms with E-state index in [0.29, 0.717) is 21.5 Å². The summed E-state index contributed by atoms with van der Waals surface area (Å²) in [6.45, 7) is 0. The Morgan fingerprint density at radius 1 is 1.00 bits per heavy atom. The lowest BCUT2D eigenvalue weighted by Crippen LogP contribution is -2.30. The zero-order valence-corrected chi connectivity index (χ0v) is 14.0. The Labute approximate surface area is 123 Å². The van der Waals surface area contributed by atoms with Crippen LogP contribution < -0.4 is 0 Å². The molecule has 15 heavy (non-hydrogen) atoms. The Balaban J connectivity index is 2.23. The Kier molecular flexibility index (Phi) is 2.67. The third-order valence-electron chi connectivity index (χ3n) is 3.45. The standard InChI is InChI=1S/C11H8Br4/c12-9-7-5-3-1-2-4-6(5)8(9)11(14,15)10(7)13/h1-4,7-10H/t7-,8+,9+,10-/m1/s1. The Bertz CT molecular complexity index is 415. The van der Waals surface area contributed by atoms with Gasteiger partial charge in [0.25, 0.3) is 0 Å². The van der Waals surface area contributed by atoms with Gasteiger partial charge in [0.1, 0.15) is 3.23 Å². The van der Waals surface area contributed by atoms with Crippen molar-refractivity contribution in [3.8, 4) is 0 Å². The van der Waals surface area contributed by atoms with Gasteiger partial charge < -0.3 is 0 Å². The maximum absolute atomic E-state index is 3.84. The van der Waals surface area contributed by atoms with E-state index in [0.717, 1.165) is 0 Å². The molecule has 2 aliphatic carbocycles. The molecule has 0 unspecified atom stereocenters. The average Bonchev–Trinajstić information content (AvgIpc) is 2.56. The van der Waals surface area contributed by atoms with Crippen LogP contribution in [-0.2, 0) is 0 Å². The number of rotatable bonds is 0. The first-order chi connectivity index (χ1) is 7.05. The van der Waals surface area contributed by atoms with Crippen molar-refractivity contribution in [3.05, 3.63) is 35.4 Å². The van der Waals surface area contributed by atoms with Crippen molar-refractivity contribution >= 4 is 63.7 Å². The minimum atomic E-state index is -0.0206. The van der Waals surface area contributed by atoms with E-state index in [1.54, 1.807) is 0 Å². The minimum absolute atomic E-state index is 0.0206. The van der Waals surface area contributed by atoms with Crippen molar-refractivity contribution in [2.24, 2.45) is 0 Å². The van der Waals surface area contributed by atoms with Gasteiger partial charge in [-0.15, -0.1) is 0 Å². The van der Waals surface area contributed by atoms with Crippen LogP contribution in [0.2, 0.25) is 0 Å². The number of halogens is 4. The van der Waals surface area contributed by atoms with Gasteiger partial charge in [0.05, 0.1) is 0 Å². The van der Waals surface area contributed by atoms with Gasteiger partial charge in [-0.2, -0.15) is 0 Å². The van der Waals surface area contributed by atoms with Gasteiger partial charge in [0.15, 0.2) is 0 Å². The number of benzene rings is 1. The van der Waals surface area contributed by atoms with Crippen LogP contribution in [0, 0.1) is 0 Å². The van der Waals surface area contributed by atoms with E-state index in [1.165, 1.54) is 11.1 Å². The summed E-state index contributed by atoms with van der Waals surface area (Å²) in [4.78, 5) is 0.937. The molecule has 1 aromatic carbocycles. The first-order valence-corrected chi connectivity index (χ1v) is 8.21. The molecule has 1 aromatic rings. The van der Waals surface area contributed by atoms with Crippen LogP contribution in [0.4, 0.5) is 0 Å². The fourth-order valence-corrected chi connectivity index (χ4v) is 7.74. The highest BCUT2D eigenvalue weighted by molar-refractivity contribution is 9.26. The number of alkyl halides is 4. The first-order valence-electron chi connectivity index (χ1n) is 4.80. The van der Waals surface area contributed by atoms with E-state index in [4.69, 9.17) is 0 Å².